The van der Waals surface area contributed by atoms with Gasteiger partial charge in [-0.25, -0.2) is 4.39 Å². The van der Waals surface area contributed by atoms with Crippen LogP contribution < -0.4 is 26.8 Å². The van der Waals surface area contributed by atoms with Gasteiger partial charge in [0.15, 0.2) is 0 Å². The molecule has 0 aliphatic heterocycles. The number of alkyl halides is 3. The highest BCUT2D eigenvalue weighted by Gasteiger charge is 2.47. The molecule has 0 spiro atoms. The number of nitrogens with one attached hydrogen (secondary N) is 6. The van der Waals surface area contributed by atoms with Crippen LogP contribution in [0.1, 0.15) is 69.3 Å². The van der Waals surface area contributed by atoms with Crippen LogP contribution in [-0.2, 0) is 44.6 Å². The highest BCUT2D eigenvalue weighted by atomic mass is 19.4. The Balaban J connectivity index is 1.49. The lowest BCUT2D eigenvalue weighted by molar-refractivity contribution is -0.139. The Morgan fingerprint density at radius 3 is 2.16 bits per heavy atom. The normalized spacial score (nSPS) is 17.6. The number of hydrogen-bond donors (Lipinski definition) is 7. The van der Waals surface area contributed by atoms with Crippen molar-refractivity contribution in [2.75, 3.05) is 5.43 Å². The molecule has 15 heteroatoms. The number of hydrogen-bond acceptors (Lipinski definition) is 6. The van der Waals surface area contributed by atoms with Gasteiger partial charge in [0.25, 0.3) is 5.91 Å². The lowest BCUT2D eigenvalue weighted by Gasteiger charge is -2.39. The topological polar surface area (TPSA) is 164 Å². The minimum absolute atomic E-state index is 0.0228. The molecule has 0 saturated carbocycles. The van der Waals surface area contributed by atoms with Crippen molar-refractivity contribution in [3.8, 4) is 5.75 Å². The smallest absolute Gasteiger partial charge is 0.418 e. The summed E-state index contributed by atoms with van der Waals surface area (Å²) in [4.78, 5) is 58.7. The van der Waals surface area contributed by atoms with Crippen LogP contribution in [0, 0.1) is 17.7 Å². The molecule has 294 valence electrons. The number of carbonyl (C=O) groups is 4. The first-order valence-electron chi connectivity index (χ1n) is 18.3. The number of aromatic hydroxyl groups is 1. The lowest BCUT2D eigenvalue weighted by atomic mass is 9.78. The molecule has 0 fully saturated rings. The lowest BCUT2D eigenvalue weighted by Crippen LogP contribution is -2.67. The van der Waals surface area contributed by atoms with Crippen LogP contribution in [0.2, 0.25) is 0 Å². The van der Waals surface area contributed by atoms with Crippen molar-refractivity contribution < 1.29 is 41.8 Å². The van der Waals surface area contributed by atoms with Crippen LogP contribution in [0.3, 0.4) is 0 Å². The molecule has 0 saturated heterocycles. The molecule has 2 unspecified atom stereocenters. The molecular formula is C40H46F4N6O5. The van der Waals surface area contributed by atoms with Gasteiger partial charge in [-0.3, -0.25) is 30.0 Å². The van der Waals surface area contributed by atoms with Crippen LogP contribution in [0.4, 0.5) is 23.2 Å². The highest BCUT2D eigenvalue weighted by Crippen LogP contribution is 2.40. The van der Waals surface area contributed by atoms with Gasteiger partial charge in [0.2, 0.25) is 17.7 Å². The van der Waals surface area contributed by atoms with Gasteiger partial charge in [-0.15, -0.1) is 0 Å². The number of benzene rings is 3. The standard InChI is InChI=1S/C40H46F4N6O5/c1-5-22(3)33(46-32(52)20-24-10-7-8-13-30(24)41)36(53)48-39(19-18-31-28(21-39)27-11-9-12-29(35(27)45-31)40(42,43)44)38(55)47-34(23(4)6-2)37(54)50-49-25-14-16-26(51)17-15-25/h7-17,22-23,33-34,45,49,51H,5-6,18-21H2,1-4H3,(H,46,52)(H,47,55)(H,48,53)(H,50,54)/t22?,23-,33-,34?,39+/m0/s1. The number of aromatic amines is 1. The second-order valence-electron chi connectivity index (χ2n) is 14.3. The van der Waals surface area contributed by atoms with Crippen molar-refractivity contribution in [1.29, 1.82) is 0 Å². The maximum Gasteiger partial charge on any atom is 0.418 e. The summed E-state index contributed by atoms with van der Waals surface area (Å²) in [5.41, 5.74) is 4.02. The van der Waals surface area contributed by atoms with Gasteiger partial charge in [-0.2, -0.15) is 13.2 Å². The Hall–Kier alpha value is -5.60. The summed E-state index contributed by atoms with van der Waals surface area (Å²) in [5.74, 6) is -4.10. The van der Waals surface area contributed by atoms with Crippen molar-refractivity contribution in [1.82, 2.24) is 26.4 Å². The van der Waals surface area contributed by atoms with Crippen LogP contribution in [-0.4, -0.2) is 51.3 Å². The number of aromatic nitrogens is 1. The molecule has 7 N–H and O–H groups in total. The van der Waals surface area contributed by atoms with Gasteiger partial charge in [-0.1, -0.05) is 70.9 Å². The van der Waals surface area contributed by atoms with E-state index in [1.807, 2.05) is 13.8 Å². The van der Waals surface area contributed by atoms with Crippen molar-refractivity contribution in [3.63, 3.8) is 0 Å². The van der Waals surface area contributed by atoms with E-state index in [9.17, 15) is 41.8 Å². The average molecular weight is 767 g/mol. The number of amides is 4. The number of phenolic OH excluding ortho intramolecular Hbond substituents is 1. The van der Waals surface area contributed by atoms with E-state index in [-0.39, 0.29) is 47.9 Å². The monoisotopic (exact) mass is 766 g/mol. The largest absolute Gasteiger partial charge is 0.508 e. The number of H-pyrrole nitrogens is 1. The summed E-state index contributed by atoms with van der Waals surface area (Å²) < 4.78 is 56.6. The van der Waals surface area contributed by atoms with Gasteiger partial charge in [-0.05, 0) is 72.2 Å². The van der Waals surface area contributed by atoms with Crippen molar-refractivity contribution in [3.05, 3.63) is 94.9 Å². The molecule has 11 nitrogen and oxygen atoms in total. The van der Waals surface area contributed by atoms with Crippen LogP contribution in [0.25, 0.3) is 10.9 Å². The molecule has 4 aromatic rings. The molecule has 0 bridgehead atoms. The van der Waals surface area contributed by atoms with E-state index in [4.69, 9.17) is 0 Å². The number of hydrazine groups is 1. The summed E-state index contributed by atoms with van der Waals surface area (Å²) in [7, 11) is 0. The molecular weight excluding hydrogens is 720 g/mol. The number of rotatable bonds is 14. The molecule has 1 aliphatic carbocycles. The van der Waals surface area contributed by atoms with Gasteiger partial charge < -0.3 is 26.0 Å². The van der Waals surface area contributed by atoms with E-state index in [0.717, 1.165) is 6.07 Å². The van der Waals surface area contributed by atoms with E-state index < -0.39 is 70.6 Å². The highest BCUT2D eigenvalue weighted by molar-refractivity contribution is 5.99. The fraction of sp³-hybridized carbons (Fsp3) is 0.400. The third-order valence-electron chi connectivity index (χ3n) is 10.5. The summed E-state index contributed by atoms with van der Waals surface area (Å²) in [5, 5.41) is 18.3. The third kappa shape index (κ3) is 9.20. The Kier molecular flexibility index (Phi) is 12.4. The first-order valence-corrected chi connectivity index (χ1v) is 18.3. The molecule has 5 rings (SSSR count). The molecule has 0 radical (unpaired) electrons. The minimum Gasteiger partial charge on any atom is -0.508 e. The van der Waals surface area contributed by atoms with E-state index in [0.29, 0.717) is 29.8 Å². The van der Waals surface area contributed by atoms with Gasteiger partial charge in [0.1, 0.15) is 29.2 Å². The van der Waals surface area contributed by atoms with Crippen LogP contribution >= 0.6 is 0 Å². The fourth-order valence-electron chi connectivity index (χ4n) is 6.86. The Morgan fingerprint density at radius 2 is 1.53 bits per heavy atom. The van der Waals surface area contributed by atoms with Gasteiger partial charge in [0.05, 0.1) is 23.2 Å². The summed E-state index contributed by atoms with van der Waals surface area (Å²) in [6, 6.07) is 13.1. The average Bonchev–Trinajstić information content (AvgIpc) is 3.53. The fourth-order valence-corrected chi connectivity index (χ4v) is 6.86. The molecule has 1 heterocycles. The molecule has 55 heavy (non-hydrogen) atoms. The zero-order valence-corrected chi connectivity index (χ0v) is 31.0. The van der Waals surface area contributed by atoms with Crippen LogP contribution in [0.5, 0.6) is 5.75 Å². The summed E-state index contributed by atoms with van der Waals surface area (Å²) in [6.45, 7) is 7.15. The predicted molar refractivity (Wildman–Crippen MR) is 199 cm³/mol. The van der Waals surface area contributed by atoms with E-state index in [1.54, 1.807) is 19.9 Å². The maximum absolute atomic E-state index is 14.7. The SMILES string of the molecule is CCC(C)[C@H](NC(=O)Cc1ccccc1F)C(=O)N[C@]1(C(=O)NC(C(=O)NNc2ccc(O)cc2)[C@@H](C)CC)CCc2[nH]c3c(C(F)(F)F)cccc3c2C1. The Bertz CT molecular complexity index is 2030. The first-order chi connectivity index (χ1) is 26.1. The zero-order valence-electron chi connectivity index (χ0n) is 31.0. The molecule has 1 aromatic heterocycles. The second kappa shape index (κ2) is 16.8. The van der Waals surface area contributed by atoms with Gasteiger partial charge >= 0.3 is 6.18 Å². The summed E-state index contributed by atoms with van der Waals surface area (Å²) in [6.07, 6.45) is -4.30. The van der Waals surface area contributed by atoms with Crippen molar-refractivity contribution in [2.24, 2.45) is 11.8 Å². The third-order valence-corrected chi connectivity index (χ3v) is 10.5. The van der Waals surface area contributed by atoms with Crippen molar-refractivity contribution in [2.45, 2.75) is 90.0 Å². The number of carbonyl (C=O) groups excluding carboxylic acids is 4. The second-order valence-corrected chi connectivity index (χ2v) is 14.3. The number of phenols is 1. The van der Waals surface area contributed by atoms with Gasteiger partial charge in [0, 0.05) is 17.5 Å². The number of halogens is 4. The minimum atomic E-state index is -4.66. The van der Waals surface area contributed by atoms with Crippen molar-refractivity contribution >= 4 is 40.2 Å². The zero-order chi connectivity index (χ0) is 40.1. The van der Waals surface area contributed by atoms with E-state index in [1.165, 1.54) is 54.6 Å². The van der Waals surface area contributed by atoms with E-state index in [2.05, 4.69) is 31.8 Å². The number of aryl methyl sites for hydroxylation is 1. The quantitative estimate of drug-likeness (QED) is 0.0486. The molecule has 4 amide bonds. The molecule has 5 atom stereocenters. The number of fused-ring (bicyclic) bond motifs is 3. The maximum atomic E-state index is 14.7. The van der Waals surface area contributed by atoms with Crippen LogP contribution in [0.15, 0.2) is 66.7 Å². The Morgan fingerprint density at radius 1 is 0.873 bits per heavy atom. The number of anilines is 1. The molecule has 1 aliphatic rings. The molecule has 3 aromatic carbocycles. The number of para-hydroxylation sites is 1. The predicted octanol–water partition coefficient (Wildman–Crippen LogP) is 5.82. The van der Waals surface area contributed by atoms with E-state index >= 15 is 0 Å². The Labute approximate surface area is 316 Å². The summed E-state index contributed by atoms with van der Waals surface area (Å²) >= 11 is 0. The first kappa shape index (κ1) is 40.6.